The number of nitrogens with one attached hydrogen (secondary N) is 1. The topological polar surface area (TPSA) is 108 Å². The SMILES string of the molecule is Cc1nnc(SCC(=O)N/N=C\c2ccc(O)cc2O)s1. The van der Waals surface area contributed by atoms with E-state index in [4.69, 9.17) is 5.11 Å². The molecule has 1 aromatic heterocycles. The number of phenolic OH excluding ortho intramolecular Hbond substituents is 2. The van der Waals surface area contributed by atoms with E-state index in [0.717, 1.165) is 9.35 Å². The molecule has 0 aliphatic carbocycles. The molecule has 2 rings (SSSR count). The molecule has 0 aliphatic heterocycles. The number of thioether (sulfide) groups is 1. The largest absolute Gasteiger partial charge is 0.508 e. The minimum absolute atomic E-state index is 0.0440. The number of rotatable bonds is 5. The van der Waals surface area contributed by atoms with Gasteiger partial charge in [0.2, 0.25) is 0 Å². The Labute approximate surface area is 128 Å². The highest BCUT2D eigenvalue weighted by atomic mass is 32.2. The first kappa shape index (κ1) is 15.3. The van der Waals surface area contributed by atoms with Crippen molar-refractivity contribution in [3.63, 3.8) is 0 Å². The van der Waals surface area contributed by atoms with Crippen LogP contribution in [-0.2, 0) is 4.79 Å². The Morgan fingerprint density at radius 2 is 2.29 bits per heavy atom. The van der Waals surface area contributed by atoms with E-state index in [1.807, 2.05) is 6.92 Å². The molecule has 0 aliphatic rings. The second-order valence-electron chi connectivity index (χ2n) is 3.91. The number of carbonyl (C=O) groups excluding carboxylic acids is 1. The van der Waals surface area contributed by atoms with Gasteiger partial charge in [0.05, 0.1) is 12.0 Å². The summed E-state index contributed by atoms with van der Waals surface area (Å²) >= 11 is 2.70. The molecule has 0 unspecified atom stereocenters. The smallest absolute Gasteiger partial charge is 0.250 e. The number of aromatic nitrogens is 2. The number of nitrogens with zero attached hydrogens (tertiary/aromatic N) is 3. The number of hydrazone groups is 1. The summed E-state index contributed by atoms with van der Waals surface area (Å²) in [7, 11) is 0. The molecule has 0 bridgehead atoms. The van der Waals surface area contributed by atoms with Crippen LogP contribution in [0.1, 0.15) is 10.6 Å². The zero-order valence-corrected chi connectivity index (χ0v) is 12.6. The van der Waals surface area contributed by atoms with Gasteiger partial charge in [-0.3, -0.25) is 4.79 Å². The molecular formula is C12H12N4O3S2. The number of hydrogen-bond donors (Lipinski definition) is 3. The van der Waals surface area contributed by atoms with Gasteiger partial charge in [-0.25, -0.2) is 5.43 Å². The molecule has 2 aromatic rings. The zero-order chi connectivity index (χ0) is 15.2. The Kier molecular flexibility index (Phi) is 5.12. The molecular weight excluding hydrogens is 312 g/mol. The van der Waals surface area contributed by atoms with E-state index in [1.165, 1.54) is 47.5 Å². The first-order valence-corrected chi connectivity index (χ1v) is 7.61. The van der Waals surface area contributed by atoms with Crippen molar-refractivity contribution in [2.45, 2.75) is 11.3 Å². The van der Waals surface area contributed by atoms with Crippen LogP contribution in [0, 0.1) is 6.92 Å². The van der Waals surface area contributed by atoms with Crippen molar-refractivity contribution in [3.8, 4) is 11.5 Å². The first-order valence-electron chi connectivity index (χ1n) is 5.81. The molecule has 1 heterocycles. The van der Waals surface area contributed by atoms with Gasteiger partial charge in [0.1, 0.15) is 16.5 Å². The van der Waals surface area contributed by atoms with Gasteiger partial charge < -0.3 is 10.2 Å². The molecule has 21 heavy (non-hydrogen) atoms. The summed E-state index contributed by atoms with van der Waals surface area (Å²) < 4.78 is 0.725. The van der Waals surface area contributed by atoms with Crippen LogP contribution < -0.4 is 5.43 Å². The normalized spacial score (nSPS) is 10.9. The molecule has 1 amide bonds. The summed E-state index contributed by atoms with van der Waals surface area (Å²) in [5.41, 5.74) is 2.73. The van der Waals surface area contributed by atoms with Crippen molar-refractivity contribution in [2.75, 3.05) is 5.75 Å². The lowest BCUT2D eigenvalue weighted by Crippen LogP contribution is -2.19. The number of hydrogen-bond acceptors (Lipinski definition) is 8. The van der Waals surface area contributed by atoms with Crippen molar-refractivity contribution < 1.29 is 15.0 Å². The summed E-state index contributed by atoms with van der Waals surface area (Å²) in [5.74, 6) is -0.278. The Balaban J connectivity index is 1.81. The van der Waals surface area contributed by atoms with Gasteiger partial charge in [-0.15, -0.1) is 10.2 Å². The highest BCUT2D eigenvalue weighted by Crippen LogP contribution is 2.22. The van der Waals surface area contributed by atoms with E-state index < -0.39 is 0 Å². The van der Waals surface area contributed by atoms with Crippen molar-refractivity contribution >= 4 is 35.2 Å². The molecule has 110 valence electrons. The van der Waals surface area contributed by atoms with Gasteiger partial charge in [0.15, 0.2) is 4.34 Å². The maximum absolute atomic E-state index is 11.6. The number of aromatic hydroxyl groups is 2. The lowest BCUT2D eigenvalue weighted by Gasteiger charge is -2.00. The van der Waals surface area contributed by atoms with Crippen LogP contribution in [0.25, 0.3) is 0 Å². The summed E-state index contributed by atoms with van der Waals surface area (Å²) in [4.78, 5) is 11.6. The highest BCUT2D eigenvalue weighted by molar-refractivity contribution is 8.01. The van der Waals surface area contributed by atoms with E-state index in [1.54, 1.807) is 0 Å². The van der Waals surface area contributed by atoms with Crippen molar-refractivity contribution in [3.05, 3.63) is 28.8 Å². The maximum Gasteiger partial charge on any atom is 0.250 e. The zero-order valence-electron chi connectivity index (χ0n) is 11.0. The lowest BCUT2D eigenvalue weighted by molar-refractivity contribution is -0.118. The molecule has 0 fully saturated rings. The maximum atomic E-state index is 11.6. The summed E-state index contributed by atoms with van der Waals surface area (Å²) in [5, 5.41) is 31.0. The molecule has 0 radical (unpaired) electrons. The first-order chi connectivity index (χ1) is 10.0. The van der Waals surface area contributed by atoms with Gasteiger partial charge in [-0.2, -0.15) is 5.10 Å². The van der Waals surface area contributed by atoms with Gasteiger partial charge in [0.25, 0.3) is 5.91 Å². The second-order valence-corrected chi connectivity index (χ2v) is 6.32. The molecule has 0 spiro atoms. The third-order valence-corrected chi connectivity index (χ3v) is 4.21. The fraction of sp³-hybridized carbons (Fsp3) is 0.167. The average molecular weight is 324 g/mol. The number of phenols is 2. The number of benzene rings is 1. The van der Waals surface area contributed by atoms with E-state index in [-0.39, 0.29) is 23.2 Å². The predicted molar refractivity (Wildman–Crippen MR) is 80.9 cm³/mol. The third kappa shape index (κ3) is 4.72. The molecule has 7 nitrogen and oxygen atoms in total. The Bertz CT molecular complexity index is 672. The van der Waals surface area contributed by atoms with Crippen LogP contribution in [0.5, 0.6) is 11.5 Å². The fourth-order valence-electron chi connectivity index (χ4n) is 1.31. The highest BCUT2D eigenvalue weighted by Gasteiger charge is 2.05. The third-order valence-electron chi connectivity index (χ3n) is 2.24. The van der Waals surface area contributed by atoms with Crippen molar-refractivity contribution in [1.82, 2.24) is 15.6 Å². The number of amides is 1. The van der Waals surface area contributed by atoms with E-state index in [9.17, 15) is 9.90 Å². The molecule has 9 heteroatoms. The van der Waals surface area contributed by atoms with Crippen LogP contribution in [0.15, 0.2) is 27.6 Å². The minimum atomic E-state index is -0.289. The standard InChI is InChI=1S/C12H12N4O3S2/c1-7-14-16-12(21-7)20-6-11(19)15-13-5-8-2-3-9(17)4-10(8)18/h2-5,17-18H,6H2,1H3,(H,15,19)/b13-5-. The van der Waals surface area contributed by atoms with Crippen molar-refractivity contribution in [2.24, 2.45) is 5.10 Å². The molecule has 0 atom stereocenters. The Hall–Kier alpha value is -2.13. The van der Waals surface area contributed by atoms with Gasteiger partial charge >= 0.3 is 0 Å². The molecule has 0 saturated carbocycles. The summed E-state index contributed by atoms with van der Waals surface area (Å²) in [6.45, 7) is 1.84. The number of carbonyl (C=O) groups is 1. The van der Waals surface area contributed by atoms with Gasteiger partial charge in [-0.05, 0) is 19.1 Å². The van der Waals surface area contributed by atoms with Gasteiger partial charge in [0, 0.05) is 11.6 Å². The Morgan fingerprint density at radius 1 is 1.48 bits per heavy atom. The molecule has 0 saturated heterocycles. The second kappa shape index (κ2) is 7.04. The lowest BCUT2D eigenvalue weighted by atomic mass is 10.2. The Morgan fingerprint density at radius 3 is 2.95 bits per heavy atom. The van der Waals surface area contributed by atoms with Crippen LogP contribution >= 0.6 is 23.1 Å². The average Bonchev–Trinajstić information content (AvgIpc) is 2.85. The van der Waals surface area contributed by atoms with Gasteiger partial charge in [-0.1, -0.05) is 23.1 Å². The monoisotopic (exact) mass is 324 g/mol. The van der Waals surface area contributed by atoms with E-state index >= 15 is 0 Å². The van der Waals surface area contributed by atoms with Crippen molar-refractivity contribution in [1.29, 1.82) is 0 Å². The molecule has 1 aromatic carbocycles. The predicted octanol–water partition coefficient (Wildman–Crippen LogP) is 1.50. The van der Waals surface area contributed by atoms with E-state index in [2.05, 4.69) is 20.7 Å². The van der Waals surface area contributed by atoms with Crippen LogP contribution in [0.4, 0.5) is 0 Å². The van der Waals surface area contributed by atoms with E-state index in [0.29, 0.717) is 5.56 Å². The summed E-state index contributed by atoms with van der Waals surface area (Å²) in [6.07, 6.45) is 1.30. The quantitative estimate of drug-likeness (QED) is 0.437. The summed E-state index contributed by atoms with van der Waals surface area (Å²) in [6, 6.07) is 4.09. The van der Waals surface area contributed by atoms with Crippen LogP contribution in [-0.4, -0.2) is 38.3 Å². The van der Waals surface area contributed by atoms with Crippen LogP contribution in [0.2, 0.25) is 0 Å². The van der Waals surface area contributed by atoms with Crippen LogP contribution in [0.3, 0.4) is 0 Å². The number of aryl methyl sites for hydroxylation is 1. The fourth-order valence-corrected chi connectivity index (χ4v) is 2.92. The molecule has 3 N–H and O–H groups in total. The minimum Gasteiger partial charge on any atom is -0.508 e.